The van der Waals surface area contributed by atoms with Crippen LogP contribution in [-0.2, 0) is 0 Å². The highest BCUT2D eigenvalue weighted by molar-refractivity contribution is 6.33. The van der Waals surface area contributed by atoms with E-state index in [-0.39, 0.29) is 0 Å². The molecular formula is C15H13ClN2. The van der Waals surface area contributed by atoms with Gasteiger partial charge in [-0.05, 0) is 37.3 Å². The number of halogens is 1. The van der Waals surface area contributed by atoms with Crippen molar-refractivity contribution in [2.24, 2.45) is 0 Å². The zero-order chi connectivity index (χ0) is 13.0. The Morgan fingerprint density at radius 1 is 1.17 bits per heavy atom. The predicted octanol–water partition coefficient (Wildman–Crippen LogP) is 4.37. The van der Waals surface area contributed by atoms with Crippen molar-refractivity contribution in [3.63, 3.8) is 0 Å². The summed E-state index contributed by atoms with van der Waals surface area (Å²) < 4.78 is 0. The standard InChI is InChI=1S/C15H13ClN2/c1-2-18(13-6-4-3-5-7-13)15-9-8-12(11-17)10-14(15)16/h3-10H,2H2,1H3. The second kappa shape index (κ2) is 5.57. The van der Waals surface area contributed by atoms with Gasteiger partial charge in [0.1, 0.15) is 0 Å². The molecule has 0 N–H and O–H groups in total. The smallest absolute Gasteiger partial charge is 0.0992 e. The summed E-state index contributed by atoms with van der Waals surface area (Å²) in [5.74, 6) is 0. The predicted molar refractivity (Wildman–Crippen MR) is 75.3 cm³/mol. The van der Waals surface area contributed by atoms with Crippen LogP contribution in [0.3, 0.4) is 0 Å². The number of hydrogen-bond acceptors (Lipinski definition) is 2. The van der Waals surface area contributed by atoms with Crippen molar-refractivity contribution >= 4 is 23.0 Å². The minimum Gasteiger partial charge on any atom is -0.341 e. The average molecular weight is 257 g/mol. The third kappa shape index (κ3) is 2.47. The van der Waals surface area contributed by atoms with Gasteiger partial charge in [0, 0.05) is 12.2 Å². The largest absolute Gasteiger partial charge is 0.341 e. The van der Waals surface area contributed by atoms with Crippen LogP contribution in [0.15, 0.2) is 48.5 Å². The van der Waals surface area contributed by atoms with Gasteiger partial charge in [-0.15, -0.1) is 0 Å². The summed E-state index contributed by atoms with van der Waals surface area (Å²) >= 11 is 6.24. The van der Waals surface area contributed by atoms with Crippen LogP contribution in [0.5, 0.6) is 0 Å². The molecular weight excluding hydrogens is 244 g/mol. The highest BCUT2D eigenvalue weighted by Gasteiger charge is 2.10. The SMILES string of the molecule is CCN(c1ccccc1)c1ccc(C#N)cc1Cl. The molecule has 0 fully saturated rings. The topological polar surface area (TPSA) is 27.0 Å². The van der Waals surface area contributed by atoms with Gasteiger partial charge in [0.15, 0.2) is 0 Å². The Bertz CT molecular complexity index is 573. The van der Waals surface area contributed by atoms with Crippen molar-refractivity contribution in [1.82, 2.24) is 0 Å². The second-order valence-corrected chi connectivity index (χ2v) is 4.27. The van der Waals surface area contributed by atoms with Gasteiger partial charge in [-0.2, -0.15) is 5.26 Å². The Morgan fingerprint density at radius 2 is 1.89 bits per heavy atom. The molecule has 0 atom stereocenters. The molecule has 0 aliphatic carbocycles. The normalized spacial score (nSPS) is 9.83. The fourth-order valence-corrected chi connectivity index (χ4v) is 2.18. The first-order valence-corrected chi connectivity index (χ1v) is 6.16. The maximum absolute atomic E-state index is 8.84. The Kier molecular flexibility index (Phi) is 3.86. The number of para-hydroxylation sites is 1. The minimum atomic E-state index is 0.577. The molecule has 90 valence electrons. The number of hydrogen-bond donors (Lipinski definition) is 0. The maximum atomic E-state index is 8.84. The lowest BCUT2D eigenvalue weighted by Gasteiger charge is -2.24. The van der Waals surface area contributed by atoms with E-state index in [1.807, 2.05) is 36.4 Å². The van der Waals surface area contributed by atoms with Crippen LogP contribution in [0.25, 0.3) is 0 Å². The Balaban J connectivity index is 2.43. The van der Waals surface area contributed by atoms with E-state index < -0.39 is 0 Å². The molecule has 0 heterocycles. The molecule has 18 heavy (non-hydrogen) atoms. The van der Waals surface area contributed by atoms with Crippen molar-refractivity contribution in [2.75, 3.05) is 11.4 Å². The summed E-state index contributed by atoms with van der Waals surface area (Å²) in [6.45, 7) is 2.89. The van der Waals surface area contributed by atoms with Gasteiger partial charge in [0.2, 0.25) is 0 Å². The highest BCUT2D eigenvalue weighted by atomic mass is 35.5. The molecule has 2 nitrogen and oxygen atoms in total. The van der Waals surface area contributed by atoms with Crippen LogP contribution in [0.2, 0.25) is 5.02 Å². The average Bonchev–Trinajstić information content (AvgIpc) is 2.42. The summed E-state index contributed by atoms with van der Waals surface area (Å²) in [5.41, 5.74) is 2.59. The fourth-order valence-electron chi connectivity index (χ4n) is 1.90. The fraction of sp³-hybridized carbons (Fsp3) is 0.133. The summed E-state index contributed by atoms with van der Waals surface area (Å²) in [7, 11) is 0. The van der Waals surface area contributed by atoms with Gasteiger partial charge in [-0.1, -0.05) is 29.8 Å². The first-order valence-electron chi connectivity index (χ1n) is 5.78. The van der Waals surface area contributed by atoms with Gasteiger partial charge in [-0.3, -0.25) is 0 Å². The lowest BCUT2D eigenvalue weighted by molar-refractivity contribution is 1.02. The van der Waals surface area contributed by atoms with Crippen LogP contribution in [-0.4, -0.2) is 6.54 Å². The highest BCUT2D eigenvalue weighted by Crippen LogP contribution is 2.32. The van der Waals surface area contributed by atoms with Gasteiger partial charge in [-0.25, -0.2) is 0 Å². The first kappa shape index (κ1) is 12.5. The zero-order valence-corrected chi connectivity index (χ0v) is 10.9. The molecule has 0 saturated carbocycles. The molecule has 0 bridgehead atoms. The van der Waals surface area contributed by atoms with Gasteiger partial charge < -0.3 is 4.90 Å². The van der Waals surface area contributed by atoms with E-state index in [1.165, 1.54) is 0 Å². The van der Waals surface area contributed by atoms with E-state index in [0.29, 0.717) is 10.6 Å². The lowest BCUT2D eigenvalue weighted by atomic mass is 10.2. The molecule has 0 aliphatic rings. The molecule has 0 aromatic heterocycles. The van der Waals surface area contributed by atoms with E-state index in [9.17, 15) is 0 Å². The number of benzene rings is 2. The first-order chi connectivity index (χ1) is 8.76. The molecule has 0 radical (unpaired) electrons. The third-order valence-corrected chi connectivity index (χ3v) is 3.05. The van der Waals surface area contributed by atoms with Crippen LogP contribution in [0.1, 0.15) is 12.5 Å². The van der Waals surface area contributed by atoms with E-state index in [1.54, 1.807) is 12.1 Å². The van der Waals surface area contributed by atoms with E-state index in [2.05, 4.69) is 17.9 Å². The van der Waals surface area contributed by atoms with Crippen molar-refractivity contribution in [3.8, 4) is 6.07 Å². The van der Waals surface area contributed by atoms with Gasteiger partial charge in [0.05, 0.1) is 22.3 Å². The molecule has 2 rings (SSSR count). The van der Waals surface area contributed by atoms with Crippen LogP contribution < -0.4 is 4.90 Å². The second-order valence-electron chi connectivity index (χ2n) is 3.86. The number of nitriles is 1. The van der Waals surface area contributed by atoms with Crippen molar-refractivity contribution in [3.05, 3.63) is 59.1 Å². The molecule has 3 heteroatoms. The maximum Gasteiger partial charge on any atom is 0.0992 e. The molecule has 0 spiro atoms. The Labute approximate surface area is 112 Å². The molecule has 2 aromatic rings. The number of rotatable bonds is 3. The van der Waals surface area contributed by atoms with E-state index in [0.717, 1.165) is 17.9 Å². The third-order valence-electron chi connectivity index (χ3n) is 2.75. The summed E-state index contributed by atoms with van der Waals surface area (Å²) in [5, 5.41) is 9.44. The number of nitrogens with zero attached hydrogens (tertiary/aromatic N) is 2. The molecule has 0 amide bonds. The van der Waals surface area contributed by atoms with Gasteiger partial charge in [0.25, 0.3) is 0 Å². The molecule has 2 aromatic carbocycles. The van der Waals surface area contributed by atoms with Crippen LogP contribution in [0, 0.1) is 11.3 Å². The van der Waals surface area contributed by atoms with E-state index >= 15 is 0 Å². The van der Waals surface area contributed by atoms with Crippen molar-refractivity contribution in [2.45, 2.75) is 6.92 Å². The van der Waals surface area contributed by atoms with Crippen molar-refractivity contribution in [1.29, 1.82) is 5.26 Å². The quantitative estimate of drug-likeness (QED) is 0.815. The van der Waals surface area contributed by atoms with Crippen LogP contribution >= 0.6 is 11.6 Å². The molecule has 0 aliphatic heterocycles. The lowest BCUT2D eigenvalue weighted by Crippen LogP contribution is -2.16. The van der Waals surface area contributed by atoms with Crippen molar-refractivity contribution < 1.29 is 0 Å². The Hall–Kier alpha value is -1.98. The monoisotopic (exact) mass is 256 g/mol. The Morgan fingerprint density at radius 3 is 2.44 bits per heavy atom. The van der Waals surface area contributed by atoms with E-state index in [4.69, 9.17) is 16.9 Å². The summed E-state index contributed by atoms with van der Waals surface area (Å²) in [6.07, 6.45) is 0. The zero-order valence-electron chi connectivity index (χ0n) is 10.1. The molecule has 0 unspecified atom stereocenters. The van der Waals surface area contributed by atoms with Crippen LogP contribution in [0.4, 0.5) is 11.4 Å². The molecule has 0 saturated heterocycles. The van der Waals surface area contributed by atoms with Gasteiger partial charge >= 0.3 is 0 Å². The number of anilines is 2. The minimum absolute atomic E-state index is 0.577. The summed E-state index contributed by atoms with van der Waals surface area (Å²) in [6, 6.07) is 17.5. The summed E-state index contributed by atoms with van der Waals surface area (Å²) in [4.78, 5) is 2.11.